The van der Waals surface area contributed by atoms with E-state index in [1.165, 1.54) is 18.2 Å². The highest BCUT2D eigenvalue weighted by molar-refractivity contribution is 6.31. The highest BCUT2D eigenvalue weighted by Gasteiger charge is 2.31. The van der Waals surface area contributed by atoms with Gasteiger partial charge in [0.05, 0.1) is 23.4 Å². The first kappa shape index (κ1) is 14.6. The van der Waals surface area contributed by atoms with Crippen LogP contribution < -0.4 is 10.6 Å². The first-order valence-corrected chi connectivity index (χ1v) is 6.47. The van der Waals surface area contributed by atoms with Crippen molar-refractivity contribution in [2.24, 2.45) is 0 Å². The van der Waals surface area contributed by atoms with Gasteiger partial charge in [0.15, 0.2) is 0 Å². The van der Waals surface area contributed by atoms with Crippen LogP contribution in [0.5, 0.6) is 0 Å². The van der Waals surface area contributed by atoms with Gasteiger partial charge in [-0.25, -0.2) is 9.59 Å². The summed E-state index contributed by atoms with van der Waals surface area (Å²) in [5.41, 5.74) is -0.290. The Kier molecular flexibility index (Phi) is 4.15. The van der Waals surface area contributed by atoms with E-state index in [4.69, 9.17) is 21.4 Å². The minimum absolute atomic E-state index is 0.0551. The van der Waals surface area contributed by atoms with Crippen LogP contribution in [0.15, 0.2) is 18.2 Å². The van der Waals surface area contributed by atoms with Crippen LogP contribution in [0.3, 0.4) is 0 Å². The number of carboxylic acid groups (broad SMARTS) is 1. The van der Waals surface area contributed by atoms with Crippen molar-refractivity contribution in [3.8, 4) is 0 Å². The van der Waals surface area contributed by atoms with Gasteiger partial charge in [0.2, 0.25) is 0 Å². The van der Waals surface area contributed by atoms with E-state index in [9.17, 15) is 9.59 Å². The van der Waals surface area contributed by atoms with Gasteiger partial charge in [0, 0.05) is 11.6 Å². The van der Waals surface area contributed by atoms with Gasteiger partial charge in [-0.05, 0) is 31.5 Å². The number of ether oxygens (including phenoxy) is 1. The molecule has 1 aromatic rings. The zero-order valence-electron chi connectivity index (χ0n) is 10.9. The third-order valence-corrected chi connectivity index (χ3v) is 3.33. The van der Waals surface area contributed by atoms with Crippen LogP contribution in [0.4, 0.5) is 10.5 Å². The third kappa shape index (κ3) is 3.40. The molecule has 0 bridgehead atoms. The first-order chi connectivity index (χ1) is 9.39. The van der Waals surface area contributed by atoms with Crippen molar-refractivity contribution >= 4 is 29.3 Å². The normalized spacial score (nSPS) is 21.5. The number of hydrogen-bond acceptors (Lipinski definition) is 3. The van der Waals surface area contributed by atoms with Gasteiger partial charge >= 0.3 is 12.0 Å². The molecule has 6 nitrogen and oxygen atoms in total. The summed E-state index contributed by atoms with van der Waals surface area (Å²) in [7, 11) is 0. The number of carbonyl (C=O) groups is 2. The second-order valence-corrected chi connectivity index (χ2v) is 5.37. The monoisotopic (exact) mass is 298 g/mol. The van der Waals surface area contributed by atoms with E-state index in [1.807, 2.05) is 6.92 Å². The van der Waals surface area contributed by atoms with Crippen molar-refractivity contribution in [3.63, 3.8) is 0 Å². The Balaban J connectivity index is 2.09. The first-order valence-electron chi connectivity index (χ1n) is 6.09. The molecule has 1 aromatic carbocycles. The molecule has 2 rings (SSSR count). The molecule has 1 aliphatic rings. The van der Waals surface area contributed by atoms with Gasteiger partial charge in [-0.1, -0.05) is 11.6 Å². The maximum absolute atomic E-state index is 11.9. The molecule has 1 heterocycles. The van der Waals surface area contributed by atoms with Crippen LogP contribution in [0.2, 0.25) is 5.02 Å². The lowest BCUT2D eigenvalue weighted by Gasteiger charge is -2.23. The Labute approximate surface area is 121 Å². The molecule has 108 valence electrons. The van der Waals surface area contributed by atoms with Gasteiger partial charge in [-0.2, -0.15) is 0 Å². The number of urea groups is 1. The summed E-state index contributed by atoms with van der Waals surface area (Å²) in [5, 5.41) is 14.7. The number of nitrogens with one attached hydrogen (secondary N) is 2. The lowest BCUT2D eigenvalue weighted by molar-refractivity contribution is 0.0698. The van der Waals surface area contributed by atoms with Crippen LogP contribution in [-0.2, 0) is 4.74 Å². The van der Waals surface area contributed by atoms with Gasteiger partial charge in [-0.15, -0.1) is 0 Å². The standard InChI is InChI=1S/C13H15ClN2O4/c1-13(4-5-20-7-13)16-12(19)15-10-3-2-8(14)6-9(10)11(17)18/h2-3,6H,4-5,7H2,1H3,(H,17,18)(H2,15,16,19). The number of amides is 2. The number of rotatable bonds is 3. The summed E-state index contributed by atoms with van der Waals surface area (Å²) in [6.45, 7) is 2.91. The van der Waals surface area contributed by atoms with E-state index in [0.29, 0.717) is 24.7 Å². The number of hydrogen-bond donors (Lipinski definition) is 3. The van der Waals surface area contributed by atoms with Crippen molar-refractivity contribution in [2.45, 2.75) is 18.9 Å². The fraction of sp³-hybridized carbons (Fsp3) is 0.385. The minimum atomic E-state index is -1.15. The largest absolute Gasteiger partial charge is 0.478 e. The number of carboxylic acids is 1. The van der Waals surface area contributed by atoms with Crippen LogP contribution in [0, 0.1) is 0 Å². The summed E-state index contributed by atoms with van der Waals surface area (Å²) in [6, 6.07) is 3.80. The summed E-state index contributed by atoms with van der Waals surface area (Å²) < 4.78 is 5.23. The fourth-order valence-corrected chi connectivity index (χ4v) is 2.17. The highest BCUT2D eigenvalue weighted by atomic mass is 35.5. The molecule has 0 spiro atoms. The van der Waals surface area contributed by atoms with Gasteiger partial charge in [-0.3, -0.25) is 0 Å². The molecule has 1 saturated heterocycles. The number of benzene rings is 1. The highest BCUT2D eigenvalue weighted by Crippen LogP contribution is 2.22. The van der Waals surface area contributed by atoms with E-state index >= 15 is 0 Å². The van der Waals surface area contributed by atoms with E-state index in [0.717, 1.165) is 0 Å². The Bertz CT molecular complexity index is 541. The molecule has 3 N–H and O–H groups in total. The quantitative estimate of drug-likeness (QED) is 0.799. The van der Waals surface area contributed by atoms with E-state index in [1.54, 1.807) is 0 Å². The predicted molar refractivity (Wildman–Crippen MR) is 74.4 cm³/mol. The lowest BCUT2D eigenvalue weighted by atomic mass is 10.0. The smallest absolute Gasteiger partial charge is 0.337 e. The van der Waals surface area contributed by atoms with E-state index < -0.39 is 17.5 Å². The molecular formula is C13H15ClN2O4. The van der Waals surface area contributed by atoms with Crippen molar-refractivity contribution < 1.29 is 19.4 Å². The molecule has 0 saturated carbocycles. The summed E-state index contributed by atoms with van der Waals surface area (Å²) in [4.78, 5) is 23.0. The second-order valence-electron chi connectivity index (χ2n) is 4.94. The zero-order valence-corrected chi connectivity index (χ0v) is 11.7. The Morgan fingerprint density at radius 1 is 1.45 bits per heavy atom. The molecule has 2 amide bonds. The fourth-order valence-electron chi connectivity index (χ4n) is 2.00. The predicted octanol–water partition coefficient (Wildman–Crippen LogP) is 2.34. The number of anilines is 1. The SMILES string of the molecule is CC1(NC(=O)Nc2ccc(Cl)cc2C(=O)O)CCOC1. The van der Waals surface area contributed by atoms with Crippen molar-refractivity contribution in [3.05, 3.63) is 28.8 Å². The third-order valence-electron chi connectivity index (χ3n) is 3.09. The summed E-state index contributed by atoms with van der Waals surface area (Å²) in [5.74, 6) is -1.15. The molecule has 1 unspecified atom stereocenters. The molecular weight excluding hydrogens is 284 g/mol. The average molecular weight is 299 g/mol. The van der Waals surface area contributed by atoms with E-state index in [2.05, 4.69) is 10.6 Å². The second kappa shape index (κ2) is 5.68. The molecule has 0 aromatic heterocycles. The molecule has 0 aliphatic carbocycles. The van der Waals surface area contributed by atoms with Gasteiger partial charge in [0.1, 0.15) is 0 Å². The summed E-state index contributed by atoms with van der Waals surface area (Å²) >= 11 is 5.75. The molecule has 1 atom stereocenters. The van der Waals surface area contributed by atoms with Gasteiger partial charge in [0.25, 0.3) is 0 Å². The van der Waals surface area contributed by atoms with Crippen LogP contribution >= 0.6 is 11.6 Å². The van der Waals surface area contributed by atoms with Crippen molar-refractivity contribution in [1.82, 2.24) is 5.32 Å². The number of carbonyl (C=O) groups excluding carboxylic acids is 1. The summed E-state index contributed by atoms with van der Waals surface area (Å²) in [6.07, 6.45) is 0.715. The van der Waals surface area contributed by atoms with Crippen LogP contribution in [0.25, 0.3) is 0 Å². The van der Waals surface area contributed by atoms with Crippen molar-refractivity contribution in [2.75, 3.05) is 18.5 Å². The Morgan fingerprint density at radius 3 is 2.80 bits per heavy atom. The molecule has 1 aliphatic heterocycles. The Hall–Kier alpha value is -1.79. The number of halogens is 1. The van der Waals surface area contributed by atoms with E-state index in [-0.39, 0.29) is 11.3 Å². The minimum Gasteiger partial charge on any atom is -0.478 e. The molecule has 20 heavy (non-hydrogen) atoms. The maximum Gasteiger partial charge on any atom is 0.337 e. The lowest BCUT2D eigenvalue weighted by Crippen LogP contribution is -2.48. The average Bonchev–Trinajstić information content (AvgIpc) is 2.77. The maximum atomic E-state index is 11.9. The zero-order chi connectivity index (χ0) is 14.8. The Morgan fingerprint density at radius 2 is 2.20 bits per heavy atom. The topological polar surface area (TPSA) is 87.7 Å². The van der Waals surface area contributed by atoms with Crippen LogP contribution in [0.1, 0.15) is 23.7 Å². The number of aromatic carboxylic acids is 1. The van der Waals surface area contributed by atoms with Crippen molar-refractivity contribution in [1.29, 1.82) is 0 Å². The molecule has 0 radical (unpaired) electrons. The molecule has 7 heteroatoms. The molecule has 1 fully saturated rings. The van der Waals surface area contributed by atoms with Gasteiger partial charge < -0.3 is 20.5 Å². The van der Waals surface area contributed by atoms with Crippen LogP contribution in [-0.4, -0.2) is 35.9 Å².